The number of anilines is 1. The molecular formula is C13H16N2S2. The predicted octanol–water partition coefficient (Wildman–Crippen LogP) is 4.04. The molecule has 4 heteroatoms. The highest BCUT2D eigenvalue weighted by Gasteiger charge is 2.02. The standard InChI is InChI=1S/C13H16N2S2/c1-3-13-15-9-10(17-13)8-14-11-6-4-5-7-12(11)16-2/h4-7,9,14H,3,8H2,1-2H3. The highest BCUT2D eigenvalue weighted by molar-refractivity contribution is 7.98. The first kappa shape index (κ1) is 12.5. The number of thioether (sulfide) groups is 1. The Kier molecular flexibility index (Phi) is 4.45. The minimum absolute atomic E-state index is 0.856. The highest BCUT2D eigenvalue weighted by atomic mass is 32.2. The first-order valence-electron chi connectivity index (χ1n) is 5.64. The van der Waals surface area contributed by atoms with Crippen LogP contribution in [0, 0.1) is 0 Å². The summed E-state index contributed by atoms with van der Waals surface area (Å²) < 4.78 is 0. The summed E-state index contributed by atoms with van der Waals surface area (Å²) in [6, 6.07) is 8.38. The maximum Gasteiger partial charge on any atom is 0.0925 e. The van der Waals surface area contributed by atoms with Gasteiger partial charge in [-0.1, -0.05) is 19.1 Å². The van der Waals surface area contributed by atoms with E-state index in [1.807, 2.05) is 6.20 Å². The Morgan fingerprint density at radius 2 is 2.18 bits per heavy atom. The second-order valence-corrected chi connectivity index (χ2v) is 5.68. The number of thiazole rings is 1. The van der Waals surface area contributed by atoms with E-state index in [1.165, 1.54) is 20.5 Å². The van der Waals surface area contributed by atoms with Crippen LogP contribution in [0.4, 0.5) is 5.69 Å². The Bertz CT molecular complexity index is 480. The zero-order chi connectivity index (χ0) is 12.1. The number of para-hydroxylation sites is 1. The van der Waals surface area contributed by atoms with Crippen molar-refractivity contribution in [2.24, 2.45) is 0 Å². The number of benzene rings is 1. The third-order valence-corrected chi connectivity index (χ3v) is 4.40. The smallest absolute Gasteiger partial charge is 0.0925 e. The molecule has 0 aliphatic rings. The van der Waals surface area contributed by atoms with Crippen molar-refractivity contribution in [3.63, 3.8) is 0 Å². The summed E-state index contributed by atoms with van der Waals surface area (Å²) in [4.78, 5) is 6.94. The third-order valence-electron chi connectivity index (χ3n) is 2.46. The molecule has 2 nitrogen and oxygen atoms in total. The van der Waals surface area contributed by atoms with Crippen LogP contribution >= 0.6 is 23.1 Å². The van der Waals surface area contributed by atoms with Gasteiger partial charge in [0.25, 0.3) is 0 Å². The molecule has 1 aromatic heterocycles. The molecule has 0 saturated carbocycles. The van der Waals surface area contributed by atoms with Crippen molar-refractivity contribution in [3.8, 4) is 0 Å². The summed E-state index contributed by atoms with van der Waals surface area (Å²) in [5.41, 5.74) is 1.20. The lowest BCUT2D eigenvalue weighted by Gasteiger charge is -2.08. The second-order valence-electron chi connectivity index (χ2n) is 3.63. The molecule has 2 rings (SSSR count). The summed E-state index contributed by atoms with van der Waals surface area (Å²) in [5, 5.41) is 4.68. The molecule has 0 fully saturated rings. The SMILES string of the molecule is CCc1ncc(CNc2ccccc2SC)s1. The van der Waals surface area contributed by atoms with Crippen LogP contribution in [0.5, 0.6) is 0 Å². The van der Waals surface area contributed by atoms with E-state index >= 15 is 0 Å². The van der Waals surface area contributed by atoms with Crippen LogP contribution < -0.4 is 5.32 Å². The molecule has 0 bridgehead atoms. The van der Waals surface area contributed by atoms with Gasteiger partial charge in [-0.05, 0) is 24.8 Å². The van der Waals surface area contributed by atoms with Gasteiger partial charge in [0.15, 0.2) is 0 Å². The molecule has 0 aliphatic heterocycles. The van der Waals surface area contributed by atoms with Crippen LogP contribution in [-0.2, 0) is 13.0 Å². The number of nitrogens with zero attached hydrogens (tertiary/aromatic N) is 1. The summed E-state index contributed by atoms with van der Waals surface area (Å²) in [6.07, 6.45) is 5.09. The molecule has 17 heavy (non-hydrogen) atoms. The predicted molar refractivity (Wildman–Crippen MR) is 77.0 cm³/mol. The van der Waals surface area contributed by atoms with Gasteiger partial charge in [-0.15, -0.1) is 23.1 Å². The fourth-order valence-corrected chi connectivity index (χ4v) is 2.94. The first-order valence-corrected chi connectivity index (χ1v) is 7.68. The largest absolute Gasteiger partial charge is 0.379 e. The molecule has 1 aromatic carbocycles. The number of nitrogens with one attached hydrogen (secondary N) is 1. The Balaban J connectivity index is 2.01. The van der Waals surface area contributed by atoms with Gasteiger partial charge in [-0.25, -0.2) is 4.98 Å². The van der Waals surface area contributed by atoms with E-state index in [2.05, 4.69) is 47.7 Å². The third kappa shape index (κ3) is 3.23. The van der Waals surface area contributed by atoms with E-state index < -0.39 is 0 Å². The maximum atomic E-state index is 4.36. The van der Waals surface area contributed by atoms with Gasteiger partial charge >= 0.3 is 0 Å². The molecule has 1 N–H and O–H groups in total. The van der Waals surface area contributed by atoms with Crippen molar-refractivity contribution in [1.29, 1.82) is 0 Å². The van der Waals surface area contributed by atoms with Crippen molar-refractivity contribution >= 4 is 28.8 Å². The average molecular weight is 264 g/mol. The molecule has 2 aromatic rings. The van der Waals surface area contributed by atoms with Crippen molar-refractivity contribution < 1.29 is 0 Å². The van der Waals surface area contributed by atoms with Crippen LogP contribution in [0.1, 0.15) is 16.8 Å². The summed E-state index contributed by atoms with van der Waals surface area (Å²) in [5.74, 6) is 0. The summed E-state index contributed by atoms with van der Waals surface area (Å²) in [7, 11) is 0. The number of hydrogen-bond acceptors (Lipinski definition) is 4. The van der Waals surface area contributed by atoms with Gasteiger partial charge in [0.1, 0.15) is 0 Å². The molecule has 0 amide bonds. The Morgan fingerprint density at radius 3 is 2.88 bits per heavy atom. The van der Waals surface area contributed by atoms with Crippen LogP contribution in [-0.4, -0.2) is 11.2 Å². The fraction of sp³-hybridized carbons (Fsp3) is 0.308. The monoisotopic (exact) mass is 264 g/mol. The van der Waals surface area contributed by atoms with Crippen molar-refractivity contribution in [2.75, 3.05) is 11.6 Å². The maximum absolute atomic E-state index is 4.36. The van der Waals surface area contributed by atoms with E-state index in [9.17, 15) is 0 Å². The molecule has 0 saturated heterocycles. The van der Waals surface area contributed by atoms with E-state index in [4.69, 9.17) is 0 Å². The number of aryl methyl sites for hydroxylation is 1. The zero-order valence-corrected chi connectivity index (χ0v) is 11.7. The van der Waals surface area contributed by atoms with E-state index in [-0.39, 0.29) is 0 Å². The van der Waals surface area contributed by atoms with Gasteiger partial charge < -0.3 is 5.32 Å². The van der Waals surface area contributed by atoms with Crippen molar-refractivity contribution in [2.45, 2.75) is 24.8 Å². The molecular weight excluding hydrogens is 248 g/mol. The molecule has 0 aliphatic carbocycles. The van der Waals surface area contributed by atoms with E-state index in [0.29, 0.717) is 0 Å². The average Bonchev–Trinajstić information content (AvgIpc) is 2.84. The number of rotatable bonds is 5. The topological polar surface area (TPSA) is 24.9 Å². The van der Waals surface area contributed by atoms with Crippen LogP contribution in [0.15, 0.2) is 35.4 Å². The highest BCUT2D eigenvalue weighted by Crippen LogP contribution is 2.25. The van der Waals surface area contributed by atoms with Gasteiger partial charge in [0.05, 0.1) is 11.6 Å². The van der Waals surface area contributed by atoms with Crippen molar-refractivity contribution in [3.05, 3.63) is 40.3 Å². The van der Waals surface area contributed by atoms with Crippen molar-refractivity contribution in [1.82, 2.24) is 4.98 Å². The van der Waals surface area contributed by atoms with Crippen LogP contribution in [0.3, 0.4) is 0 Å². The van der Waals surface area contributed by atoms with Crippen LogP contribution in [0.25, 0.3) is 0 Å². The second kappa shape index (κ2) is 6.07. The van der Waals surface area contributed by atoms with Crippen LogP contribution in [0.2, 0.25) is 0 Å². The lowest BCUT2D eigenvalue weighted by molar-refractivity contribution is 1.09. The van der Waals surface area contributed by atoms with Gasteiger partial charge in [0.2, 0.25) is 0 Å². The molecule has 0 radical (unpaired) electrons. The minimum atomic E-state index is 0.856. The normalized spacial score (nSPS) is 10.5. The molecule has 90 valence electrons. The Morgan fingerprint density at radius 1 is 1.35 bits per heavy atom. The summed E-state index contributed by atoms with van der Waals surface area (Å²) in [6.45, 7) is 2.99. The van der Waals surface area contributed by atoms with E-state index in [1.54, 1.807) is 23.1 Å². The number of hydrogen-bond donors (Lipinski definition) is 1. The Labute approximate surface area is 110 Å². The fourth-order valence-electron chi connectivity index (χ4n) is 1.57. The van der Waals surface area contributed by atoms with Gasteiger partial charge in [0, 0.05) is 21.7 Å². The van der Waals surface area contributed by atoms with Gasteiger partial charge in [-0.3, -0.25) is 0 Å². The van der Waals surface area contributed by atoms with Gasteiger partial charge in [-0.2, -0.15) is 0 Å². The molecule has 1 heterocycles. The molecule has 0 spiro atoms. The lowest BCUT2D eigenvalue weighted by atomic mass is 10.3. The Hall–Kier alpha value is -1.000. The minimum Gasteiger partial charge on any atom is -0.379 e. The molecule has 0 unspecified atom stereocenters. The number of aromatic nitrogens is 1. The summed E-state index contributed by atoms with van der Waals surface area (Å²) >= 11 is 3.55. The molecule has 0 atom stereocenters. The van der Waals surface area contributed by atoms with E-state index in [0.717, 1.165) is 13.0 Å². The lowest BCUT2D eigenvalue weighted by Crippen LogP contribution is -1.98. The zero-order valence-electron chi connectivity index (χ0n) is 10.1. The quantitative estimate of drug-likeness (QED) is 0.825. The first-order chi connectivity index (χ1) is 8.33.